The van der Waals surface area contributed by atoms with Crippen molar-refractivity contribution in [2.45, 2.75) is 64.1 Å². The Morgan fingerprint density at radius 2 is 2.00 bits per heavy atom. The molecule has 0 aromatic heterocycles. The molecule has 0 aromatic carbocycles. The maximum absolute atomic E-state index is 12.0. The molecule has 2 saturated heterocycles. The van der Waals surface area contributed by atoms with Gasteiger partial charge in [-0.15, -0.1) is 0 Å². The third-order valence-corrected chi connectivity index (χ3v) is 3.20. The largest absolute Gasteiger partial charge is 0.444 e. The van der Waals surface area contributed by atoms with Crippen LogP contribution in [-0.4, -0.2) is 34.5 Å². The predicted molar refractivity (Wildman–Crippen MR) is 59.1 cm³/mol. The minimum absolute atomic E-state index is 0.194. The first kappa shape index (κ1) is 11.4. The first-order chi connectivity index (χ1) is 7.38. The Morgan fingerprint density at radius 1 is 1.31 bits per heavy atom. The van der Waals surface area contributed by atoms with E-state index in [1.54, 1.807) is 4.90 Å². The van der Waals surface area contributed by atoms with Gasteiger partial charge in [0.2, 0.25) is 0 Å². The van der Waals surface area contributed by atoms with Crippen molar-refractivity contribution >= 4 is 11.9 Å². The van der Waals surface area contributed by atoms with E-state index in [4.69, 9.17) is 4.74 Å². The average Bonchev–Trinajstić information content (AvgIpc) is 2.46. The third-order valence-electron chi connectivity index (χ3n) is 3.20. The van der Waals surface area contributed by atoms with E-state index >= 15 is 0 Å². The molecule has 2 fully saturated rings. The van der Waals surface area contributed by atoms with Gasteiger partial charge in [-0.25, -0.2) is 4.79 Å². The Labute approximate surface area is 95.9 Å². The number of carbonyl (C=O) groups is 2. The molecule has 16 heavy (non-hydrogen) atoms. The van der Waals surface area contributed by atoms with Crippen molar-refractivity contribution in [3.63, 3.8) is 0 Å². The monoisotopic (exact) mass is 225 g/mol. The quantitative estimate of drug-likeness (QED) is 0.634. The third kappa shape index (κ3) is 2.06. The standard InChI is InChI=1S/C12H19NO3/c1-12(2,3)16-11(15)13-8-4-6-9(13)10(14)7-5-8/h8-9H,4-7H2,1-3H3. The van der Waals surface area contributed by atoms with Crippen LogP contribution in [0.15, 0.2) is 0 Å². The van der Waals surface area contributed by atoms with Crippen molar-refractivity contribution < 1.29 is 14.3 Å². The van der Waals surface area contributed by atoms with Crippen LogP contribution in [0.3, 0.4) is 0 Å². The molecule has 4 heteroatoms. The van der Waals surface area contributed by atoms with Gasteiger partial charge in [0, 0.05) is 12.5 Å². The van der Waals surface area contributed by atoms with E-state index in [0.29, 0.717) is 6.42 Å². The van der Waals surface area contributed by atoms with Crippen LogP contribution in [0.5, 0.6) is 0 Å². The Hall–Kier alpha value is -1.06. The van der Waals surface area contributed by atoms with Gasteiger partial charge in [-0.05, 0) is 40.0 Å². The number of hydrogen-bond donors (Lipinski definition) is 0. The zero-order chi connectivity index (χ0) is 11.9. The number of ketones is 1. The molecule has 2 heterocycles. The van der Waals surface area contributed by atoms with Crippen molar-refractivity contribution in [3.05, 3.63) is 0 Å². The first-order valence-corrected chi connectivity index (χ1v) is 5.92. The molecule has 0 aliphatic carbocycles. The van der Waals surface area contributed by atoms with Gasteiger partial charge < -0.3 is 4.74 Å². The van der Waals surface area contributed by atoms with E-state index in [2.05, 4.69) is 0 Å². The van der Waals surface area contributed by atoms with E-state index in [0.717, 1.165) is 19.3 Å². The summed E-state index contributed by atoms with van der Waals surface area (Å²) in [5, 5.41) is 0. The molecule has 0 aromatic rings. The Balaban J connectivity index is 2.09. The lowest BCUT2D eigenvalue weighted by Gasteiger charge is -2.35. The van der Waals surface area contributed by atoms with Crippen LogP contribution in [-0.2, 0) is 9.53 Å². The van der Waals surface area contributed by atoms with Crippen molar-refractivity contribution in [2.24, 2.45) is 0 Å². The van der Waals surface area contributed by atoms with Crippen molar-refractivity contribution in [1.29, 1.82) is 0 Å². The van der Waals surface area contributed by atoms with Crippen LogP contribution >= 0.6 is 0 Å². The molecule has 0 radical (unpaired) electrons. The highest BCUT2D eigenvalue weighted by atomic mass is 16.6. The number of carbonyl (C=O) groups excluding carboxylic acids is 2. The number of piperidine rings is 1. The molecule has 90 valence electrons. The molecule has 0 spiro atoms. The van der Waals surface area contributed by atoms with Crippen LogP contribution in [0, 0.1) is 0 Å². The molecular formula is C12H19NO3. The molecule has 2 atom stereocenters. The number of nitrogens with zero attached hydrogens (tertiary/aromatic N) is 1. The first-order valence-electron chi connectivity index (χ1n) is 5.92. The summed E-state index contributed by atoms with van der Waals surface area (Å²) >= 11 is 0. The van der Waals surface area contributed by atoms with Gasteiger partial charge in [0.25, 0.3) is 0 Å². The van der Waals surface area contributed by atoms with Crippen molar-refractivity contribution in [3.8, 4) is 0 Å². The zero-order valence-electron chi connectivity index (χ0n) is 10.2. The normalized spacial score (nSPS) is 29.4. The Kier molecular flexibility index (Phi) is 2.68. The Bertz CT molecular complexity index is 319. The van der Waals surface area contributed by atoms with Gasteiger partial charge in [0.1, 0.15) is 5.60 Å². The molecule has 2 aliphatic rings. The van der Waals surface area contributed by atoms with Gasteiger partial charge in [-0.2, -0.15) is 0 Å². The number of fused-ring (bicyclic) bond motifs is 2. The fourth-order valence-corrected chi connectivity index (χ4v) is 2.55. The van der Waals surface area contributed by atoms with Crippen molar-refractivity contribution in [1.82, 2.24) is 4.90 Å². The number of hydrogen-bond acceptors (Lipinski definition) is 3. The fourth-order valence-electron chi connectivity index (χ4n) is 2.55. The molecule has 2 bridgehead atoms. The molecule has 2 aliphatic heterocycles. The molecule has 2 rings (SSSR count). The zero-order valence-corrected chi connectivity index (χ0v) is 10.2. The van der Waals surface area contributed by atoms with Gasteiger partial charge in [-0.3, -0.25) is 9.69 Å². The second-order valence-corrected chi connectivity index (χ2v) is 5.64. The van der Waals surface area contributed by atoms with Crippen LogP contribution < -0.4 is 0 Å². The number of rotatable bonds is 0. The number of Topliss-reactive ketones (excluding diaryl/α,β-unsaturated/α-hetero) is 1. The minimum Gasteiger partial charge on any atom is -0.444 e. The summed E-state index contributed by atoms with van der Waals surface area (Å²) in [5.74, 6) is 0.194. The topological polar surface area (TPSA) is 46.6 Å². The van der Waals surface area contributed by atoms with E-state index < -0.39 is 5.60 Å². The lowest BCUT2D eigenvalue weighted by molar-refractivity contribution is -0.126. The SMILES string of the molecule is CC(C)(C)OC(=O)N1C2CCC(=O)C1CC2. The second-order valence-electron chi connectivity index (χ2n) is 5.64. The van der Waals surface area contributed by atoms with E-state index in [-0.39, 0.29) is 24.0 Å². The summed E-state index contributed by atoms with van der Waals surface area (Å²) in [7, 11) is 0. The minimum atomic E-state index is -0.489. The molecule has 1 amide bonds. The number of ether oxygens (including phenoxy) is 1. The number of amides is 1. The second kappa shape index (κ2) is 3.75. The summed E-state index contributed by atoms with van der Waals surface area (Å²) in [4.78, 5) is 25.3. The molecule has 0 saturated carbocycles. The molecule has 0 N–H and O–H groups in total. The summed E-state index contributed by atoms with van der Waals surface area (Å²) in [6.07, 6.45) is 2.84. The average molecular weight is 225 g/mol. The van der Waals surface area contributed by atoms with E-state index in [9.17, 15) is 9.59 Å². The van der Waals surface area contributed by atoms with Crippen LogP contribution in [0.2, 0.25) is 0 Å². The summed E-state index contributed by atoms with van der Waals surface area (Å²) in [6.45, 7) is 5.54. The van der Waals surface area contributed by atoms with E-state index in [1.807, 2.05) is 20.8 Å². The fraction of sp³-hybridized carbons (Fsp3) is 0.833. The Morgan fingerprint density at radius 3 is 2.62 bits per heavy atom. The molecule has 4 nitrogen and oxygen atoms in total. The lowest BCUT2D eigenvalue weighted by Crippen LogP contribution is -2.50. The van der Waals surface area contributed by atoms with Gasteiger partial charge >= 0.3 is 6.09 Å². The summed E-state index contributed by atoms with van der Waals surface area (Å²) < 4.78 is 5.34. The van der Waals surface area contributed by atoms with Crippen LogP contribution in [0.25, 0.3) is 0 Å². The van der Waals surface area contributed by atoms with Gasteiger partial charge in [0.15, 0.2) is 5.78 Å². The van der Waals surface area contributed by atoms with E-state index in [1.165, 1.54) is 0 Å². The molecule has 2 unspecified atom stereocenters. The molecular weight excluding hydrogens is 206 g/mol. The highest BCUT2D eigenvalue weighted by molar-refractivity contribution is 5.89. The van der Waals surface area contributed by atoms with Crippen LogP contribution in [0.4, 0.5) is 4.79 Å². The maximum Gasteiger partial charge on any atom is 0.411 e. The summed E-state index contributed by atoms with van der Waals surface area (Å²) in [5.41, 5.74) is -0.489. The van der Waals surface area contributed by atoms with Gasteiger partial charge in [-0.1, -0.05) is 0 Å². The maximum atomic E-state index is 12.0. The highest BCUT2D eigenvalue weighted by Crippen LogP contribution is 2.34. The van der Waals surface area contributed by atoms with Gasteiger partial charge in [0.05, 0.1) is 6.04 Å². The lowest BCUT2D eigenvalue weighted by atomic mass is 10.0. The highest BCUT2D eigenvalue weighted by Gasteiger charge is 2.45. The van der Waals surface area contributed by atoms with Crippen molar-refractivity contribution in [2.75, 3.05) is 0 Å². The predicted octanol–water partition coefficient (Wildman–Crippen LogP) is 2.12. The van der Waals surface area contributed by atoms with Crippen LogP contribution in [0.1, 0.15) is 46.5 Å². The smallest absolute Gasteiger partial charge is 0.411 e. The summed E-state index contributed by atoms with van der Waals surface area (Å²) in [6, 6.07) is 0.00569.